The fourth-order valence-electron chi connectivity index (χ4n) is 1.40. The largest absolute Gasteiger partial charge is 0.481 e. The molecule has 1 aliphatic rings. The zero-order valence-electron chi connectivity index (χ0n) is 9.99. The van der Waals surface area contributed by atoms with Crippen molar-refractivity contribution in [3.05, 3.63) is 21.9 Å². The third-order valence-corrected chi connectivity index (χ3v) is 4.39. The molecule has 0 spiro atoms. The van der Waals surface area contributed by atoms with Gasteiger partial charge in [0.15, 0.2) is 5.17 Å². The fourth-order valence-corrected chi connectivity index (χ4v) is 3.09. The lowest BCUT2D eigenvalue weighted by molar-refractivity contribution is -0.138. The number of nitrogens with one attached hydrogen (secondary N) is 1. The van der Waals surface area contributed by atoms with Crippen molar-refractivity contribution < 1.29 is 14.7 Å². The maximum Gasteiger partial charge on any atom is 0.305 e. The number of thiophene rings is 1. The maximum absolute atomic E-state index is 11.4. The molecular formula is C11H11N3O3S2. The minimum absolute atomic E-state index is 0.219. The van der Waals surface area contributed by atoms with Crippen LogP contribution in [0.2, 0.25) is 0 Å². The Morgan fingerprint density at radius 3 is 3.05 bits per heavy atom. The standard InChI is InChI=1S/C11H11N3O3S2/c1-6-2-3-18-8(6)5-12-14-11-13-10(17)7(19-11)4-9(15)16/h2-3,5,7H,4H2,1H3,(H,15,16)(H,13,14,17)/b12-5-/t7-/m0/s1. The minimum Gasteiger partial charge on any atom is -0.481 e. The maximum atomic E-state index is 11.4. The van der Waals surface area contributed by atoms with E-state index in [1.807, 2.05) is 18.4 Å². The van der Waals surface area contributed by atoms with Crippen LogP contribution in [-0.2, 0) is 9.59 Å². The van der Waals surface area contributed by atoms with E-state index >= 15 is 0 Å². The Labute approximate surface area is 117 Å². The van der Waals surface area contributed by atoms with Crippen LogP contribution in [0, 0.1) is 6.92 Å². The number of thioether (sulfide) groups is 1. The van der Waals surface area contributed by atoms with E-state index in [-0.39, 0.29) is 12.3 Å². The summed E-state index contributed by atoms with van der Waals surface area (Å²) in [4.78, 5) is 23.0. The van der Waals surface area contributed by atoms with Crippen LogP contribution in [0.25, 0.3) is 0 Å². The zero-order valence-corrected chi connectivity index (χ0v) is 11.6. The van der Waals surface area contributed by atoms with Crippen LogP contribution in [0.5, 0.6) is 0 Å². The molecule has 19 heavy (non-hydrogen) atoms. The number of amidine groups is 1. The average molecular weight is 297 g/mol. The summed E-state index contributed by atoms with van der Waals surface area (Å²) >= 11 is 2.64. The van der Waals surface area contributed by atoms with Gasteiger partial charge in [0.2, 0.25) is 5.91 Å². The van der Waals surface area contributed by atoms with Gasteiger partial charge in [-0.05, 0) is 23.9 Å². The number of carbonyl (C=O) groups excluding carboxylic acids is 1. The van der Waals surface area contributed by atoms with Gasteiger partial charge in [-0.15, -0.1) is 16.4 Å². The summed E-state index contributed by atoms with van der Waals surface area (Å²) in [6.07, 6.45) is 1.40. The topological polar surface area (TPSA) is 91.1 Å². The van der Waals surface area contributed by atoms with Crippen molar-refractivity contribution in [1.29, 1.82) is 0 Å². The summed E-state index contributed by atoms with van der Waals surface area (Å²) in [5.41, 5.74) is 1.11. The summed E-state index contributed by atoms with van der Waals surface area (Å²) < 4.78 is 0. The summed E-state index contributed by atoms with van der Waals surface area (Å²) in [6.45, 7) is 1.97. The minimum atomic E-state index is -1.01. The molecule has 0 radical (unpaired) electrons. The molecule has 6 nitrogen and oxygen atoms in total. The number of nitrogens with zero attached hydrogens (tertiary/aromatic N) is 2. The van der Waals surface area contributed by atoms with E-state index in [1.54, 1.807) is 17.6 Å². The molecule has 1 aliphatic heterocycles. The lowest BCUT2D eigenvalue weighted by Gasteiger charge is -1.97. The SMILES string of the molecule is Cc1ccsc1/C=N\N=C1/NC(=O)[C@H](CC(=O)O)S1. The highest BCUT2D eigenvalue weighted by molar-refractivity contribution is 8.15. The van der Waals surface area contributed by atoms with Crippen molar-refractivity contribution in [2.24, 2.45) is 10.2 Å². The summed E-state index contributed by atoms with van der Waals surface area (Å²) in [6, 6.07) is 1.98. The van der Waals surface area contributed by atoms with Crippen molar-refractivity contribution in [3.8, 4) is 0 Å². The predicted octanol–water partition coefficient (Wildman–Crippen LogP) is 1.45. The molecule has 1 saturated heterocycles. The number of carbonyl (C=O) groups is 2. The van der Waals surface area contributed by atoms with Crippen LogP contribution in [-0.4, -0.2) is 33.6 Å². The van der Waals surface area contributed by atoms with Gasteiger partial charge in [0.1, 0.15) is 5.25 Å². The zero-order chi connectivity index (χ0) is 13.8. The number of aliphatic carboxylic acids is 1. The molecule has 2 heterocycles. The van der Waals surface area contributed by atoms with Crippen LogP contribution in [0.3, 0.4) is 0 Å². The Morgan fingerprint density at radius 2 is 2.42 bits per heavy atom. The van der Waals surface area contributed by atoms with E-state index in [0.717, 1.165) is 22.2 Å². The second-order valence-electron chi connectivity index (χ2n) is 3.81. The third-order valence-electron chi connectivity index (χ3n) is 2.36. The molecule has 0 aliphatic carbocycles. The molecule has 1 amide bonds. The highest BCUT2D eigenvalue weighted by Crippen LogP contribution is 2.22. The second kappa shape index (κ2) is 5.98. The molecule has 100 valence electrons. The van der Waals surface area contributed by atoms with E-state index in [2.05, 4.69) is 15.5 Å². The third kappa shape index (κ3) is 3.65. The molecule has 1 atom stereocenters. The number of carboxylic acid groups (broad SMARTS) is 1. The molecule has 1 aromatic heterocycles. The van der Waals surface area contributed by atoms with Gasteiger partial charge in [0.05, 0.1) is 17.5 Å². The Kier molecular flexibility index (Phi) is 4.33. The van der Waals surface area contributed by atoms with Crippen LogP contribution in [0.1, 0.15) is 16.9 Å². The normalized spacial score (nSPS) is 21.2. The van der Waals surface area contributed by atoms with Gasteiger partial charge in [0, 0.05) is 0 Å². The molecular weight excluding hydrogens is 286 g/mol. The highest BCUT2D eigenvalue weighted by Gasteiger charge is 2.32. The van der Waals surface area contributed by atoms with Gasteiger partial charge >= 0.3 is 5.97 Å². The molecule has 0 unspecified atom stereocenters. The van der Waals surface area contributed by atoms with E-state index in [9.17, 15) is 9.59 Å². The molecule has 8 heteroatoms. The molecule has 2 N–H and O–H groups in total. The van der Waals surface area contributed by atoms with Crippen molar-refractivity contribution in [3.63, 3.8) is 0 Å². The van der Waals surface area contributed by atoms with Gasteiger partial charge in [0.25, 0.3) is 0 Å². The first-order valence-electron chi connectivity index (χ1n) is 5.40. The fraction of sp³-hybridized carbons (Fsp3) is 0.273. The Morgan fingerprint density at radius 1 is 1.63 bits per heavy atom. The van der Waals surface area contributed by atoms with Gasteiger partial charge < -0.3 is 10.4 Å². The van der Waals surface area contributed by atoms with Crippen LogP contribution < -0.4 is 5.32 Å². The van der Waals surface area contributed by atoms with E-state index in [0.29, 0.717) is 5.17 Å². The first-order chi connectivity index (χ1) is 9.06. The molecule has 0 saturated carbocycles. The Balaban J connectivity index is 1.98. The quantitative estimate of drug-likeness (QED) is 0.650. The predicted molar refractivity (Wildman–Crippen MR) is 75.9 cm³/mol. The number of hydrogen-bond acceptors (Lipinski definition) is 6. The number of aryl methyl sites for hydroxylation is 1. The number of rotatable bonds is 4. The van der Waals surface area contributed by atoms with Gasteiger partial charge in [-0.3, -0.25) is 9.59 Å². The lowest BCUT2D eigenvalue weighted by Crippen LogP contribution is -2.26. The van der Waals surface area contributed by atoms with E-state index in [4.69, 9.17) is 5.11 Å². The first-order valence-corrected chi connectivity index (χ1v) is 7.16. The Hall–Kier alpha value is -1.67. The highest BCUT2D eigenvalue weighted by atomic mass is 32.2. The van der Waals surface area contributed by atoms with Gasteiger partial charge in [-0.25, -0.2) is 0 Å². The molecule has 0 aromatic carbocycles. The number of amides is 1. The van der Waals surface area contributed by atoms with Crippen molar-refractivity contribution >= 4 is 46.4 Å². The summed E-state index contributed by atoms with van der Waals surface area (Å²) in [7, 11) is 0. The lowest BCUT2D eigenvalue weighted by atomic mass is 10.3. The summed E-state index contributed by atoms with van der Waals surface area (Å²) in [5, 5.41) is 20.6. The number of hydrogen-bond donors (Lipinski definition) is 2. The molecule has 0 bridgehead atoms. The monoisotopic (exact) mass is 297 g/mol. The average Bonchev–Trinajstić information content (AvgIpc) is 2.87. The van der Waals surface area contributed by atoms with Crippen molar-refractivity contribution in [1.82, 2.24) is 5.32 Å². The number of carboxylic acids is 1. The van der Waals surface area contributed by atoms with Crippen molar-refractivity contribution in [2.45, 2.75) is 18.6 Å². The molecule has 1 fully saturated rings. The van der Waals surface area contributed by atoms with Gasteiger partial charge in [-0.1, -0.05) is 11.8 Å². The van der Waals surface area contributed by atoms with E-state index < -0.39 is 11.2 Å². The molecule has 2 rings (SSSR count). The van der Waals surface area contributed by atoms with Crippen LogP contribution in [0.15, 0.2) is 21.6 Å². The first kappa shape index (κ1) is 13.8. The van der Waals surface area contributed by atoms with E-state index in [1.165, 1.54) is 0 Å². The molecule has 1 aromatic rings. The van der Waals surface area contributed by atoms with Gasteiger partial charge in [-0.2, -0.15) is 5.10 Å². The smallest absolute Gasteiger partial charge is 0.305 e. The summed E-state index contributed by atoms with van der Waals surface area (Å²) in [5.74, 6) is -1.35. The van der Waals surface area contributed by atoms with Crippen molar-refractivity contribution in [2.75, 3.05) is 0 Å². The van der Waals surface area contributed by atoms with Crippen LogP contribution >= 0.6 is 23.1 Å². The Bertz CT molecular complexity index is 565. The van der Waals surface area contributed by atoms with Crippen LogP contribution in [0.4, 0.5) is 0 Å². The second-order valence-corrected chi connectivity index (χ2v) is 5.95.